The largest absolute Gasteiger partial charge is 0.370 e. The van der Waals surface area contributed by atoms with E-state index in [2.05, 4.69) is 4.90 Å². The highest BCUT2D eigenvalue weighted by atomic mass is 16.5. The van der Waals surface area contributed by atoms with Gasteiger partial charge in [-0.1, -0.05) is 12.8 Å². The van der Waals surface area contributed by atoms with E-state index in [0.717, 1.165) is 12.5 Å². The van der Waals surface area contributed by atoms with Crippen molar-refractivity contribution in [1.82, 2.24) is 4.90 Å². The third kappa shape index (κ3) is 3.32. The van der Waals surface area contributed by atoms with Crippen LogP contribution in [0.1, 0.15) is 57.8 Å². The van der Waals surface area contributed by atoms with E-state index in [-0.39, 0.29) is 0 Å². The number of likely N-dealkylation sites (tertiary alicyclic amines) is 1. The summed E-state index contributed by atoms with van der Waals surface area (Å²) < 4.78 is 6.44. The standard InChI is InChI=1S/C16H30N2O/c17-10-6-14-4-3-11-18(12-14)13-15-5-9-16(19-15)7-1-2-8-16/h14-15H,1-13,17H2. The van der Waals surface area contributed by atoms with Crippen LogP contribution in [-0.4, -0.2) is 42.8 Å². The summed E-state index contributed by atoms with van der Waals surface area (Å²) in [6.07, 6.45) is 12.4. The highest BCUT2D eigenvalue weighted by molar-refractivity contribution is 4.93. The molecule has 2 saturated heterocycles. The first-order valence-electron chi connectivity index (χ1n) is 8.40. The molecule has 3 heteroatoms. The first-order valence-corrected chi connectivity index (χ1v) is 8.40. The zero-order valence-electron chi connectivity index (χ0n) is 12.3. The van der Waals surface area contributed by atoms with Crippen molar-refractivity contribution in [2.75, 3.05) is 26.2 Å². The van der Waals surface area contributed by atoms with E-state index >= 15 is 0 Å². The molecule has 19 heavy (non-hydrogen) atoms. The van der Waals surface area contributed by atoms with Crippen molar-refractivity contribution in [3.63, 3.8) is 0 Å². The third-order valence-corrected chi connectivity index (χ3v) is 5.49. The van der Waals surface area contributed by atoms with Crippen LogP contribution in [-0.2, 0) is 4.74 Å². The lowest BCUT2D eigenvalue weighted by molar-refractivity contribution is -0.0506. The molecule has 2 N–H and O–H groups in total. The van der Waals surface area contributed by atoms with Gasteiger partial charge in [-0.25, -0.2) is 0 Å². The van der Waals surface area contributed by atoms with E-state index in [0.29, 0.717) is 11.7 Å². The minimum Gasteiger partial charge on any atom is -0.370 e. The molecule has 0 aromatic rings. The predicted molar refractivity (Wildman–Crippen MR) is 78.1 cm³/mol. The second-order valence-electron chi connectivity index (χ2n) is 7.01. The van der Waals surface area contributed by atoms with Crippen LogP contribution < -0.4 is 5.73 Å². The Kier molecular flexibility index (Phi) is 4.45. The molecule has 110 valence electrons. The van der Waals surface area contributed by atoms with Crippen molar-refractivity contribution < 1.29 is 4.74 Å². The van der Waals surface area contributed by atoms with Crippen molar-refractivity contribution in [3.05, 3.63) is 0 Å². The Morgan fingerprint density at radius 2 is 1.95 bits per heavy atom. The highest BCUT2D eigenvalue weighted by Gasteiger charge is 2.42. The molecule has 1 aliphatic carbocycles. The Morgan fingerprint density at radius 3 is 2.74 bits per heavy atom. The quantitative estimate of drug-likeness (QED) is 0.850. The number of rotatable bonds is 4. The summed E-state index contributed by atoms with van der Waals surface area (Å²) in [5.41, 5.74) is 6.01. The zero-order valence-corrected chi connectivity index (χ0v) is 12.3. The average Bonchev–Trinajstić information content (AvgIpc) is 3.02. The fraction of sp³-hybridized carbons (Fsp3) is 1.00. The van der Waals surface area contributed by atoms with E-state index in [4.69, 9.17) is 10.5 Å². The van der Waals surface area contributed by atoms with Crippen molar-refractivity contribution in [2.24, 2.45) is 11.7 Å². The van der Waals surface area contributed by atoms with E-state index in [1.165, 1.54) is 77.4 Å². The third-order valence-electron chi connectivity index (χ3n) is 5.49. The molecule has 2 unspecified atom stereocenters. The van der Waals surface area contributed by atoms with Crippen LogP contribution in [0.4, 0.5) is 0 Å². The summed E-state index contributed by atoms with van der Waals surface area (Å²) in [6.45, 7) is 4.54. The number of hydrogen-bond donors (Lipinski definition) is 1. The first kappa shape index (κ1) is 13.8. The number of nitrogens with two attached hydrogens (primary N) is 1. The van der Waals surface area contributed by atoms with E-state index in [1.54, 1.807) is 0 Å². The lowest BCUT2D eigenvalue weighted by Gasteiger charge is -2.34. The smallest absolute Gasteiger partial charge is 0.0710 e. The molecule has 3 rings (SSSR count). The van der Waals surface area contributed by atoms with Gasteiger partial charge >= 0.3 is 0 Å². The van der Waals surface area contributed by atoms with Crippen LogP contribution in [0.2, 0.25) is 0 Å². The van der Waals surface area contributed by atoms with Crippen LogP contribution in [0.15, 0.2) is 0 Å². The number of piperidine rings is 1. The van der Waals surface area contributed by atoms with Crippen LogP contribution in [0.25, 0.3) is 0 Å². The van der Waals surface area contributed by atoms with Crippen molar-refractivity contribution in [3.8, 4) is 0 Å². The molecule has 1 spiro atoms. The minimum atomic E-state index is 0.303. The number of ether oxygens (including phenoxy) is 1. The summed E-state index contributed by atoms with van der Waals surface area (Å²) in [6, 6.07) is 0. The van der Waals surface area contributed by atoms with Gasteiger partial charge in [-0.05, 0) is 64.0 Å². The van der Waals surface area contributed by atoms with Gasteiger partial charge in [0, 0.05) is 13.1 Å². The van der Waals surface area contributed by atoms with Gasteiger partial charge < -0.3 is 15.4 Å². The Labute approximate surface area is 117 Å². The van der Waals surface area contributed by atoms with Crippen LogP contribution >= 0.6 is 0 Å². The topological polar surface area (TPSA) is 38.5 Å². The molecule has 0 amide bonds. The van der Waals surface area contributed by atoms with Crippen molar-refractivity contribution >= 4 is 0 Å². The normalized spacial score (nSPS) is 35.2. The van der Waals surface area contributed by atoms with Crippen LogP contribution in [0, 0.1) is 5.92 Å². The lowest BCUT2D eigenvalue weighted by atomic mass is 9.94. The van der Waals surface area contributed by atoms with E-state index in [1.807, 2.05) is 0 Å². The summed E-state index contributed by atoms with van der Waals surface area (Å²) >= 11 is 0. The number of nitrogens with zero attached hydrogens (tertiary/aromatic N) is 1. The summed E-state index contributed by atoms with van der Waals surface area (Å²) in [4.78, 5) is 2.64. The Hall–Kier alpha value is -0.120. The van der Waals surface area contributed by atoms with Crippen molar-refractivity contribution in [1.29, 1.82) is 0 Å². The molecule has 0 bridgehead atoms. The maximum absolute atomic E-state index is 6.44. The molecule has 3 fully saturated rings. The molecule has 0 aromatic heterocycles. The lowest BCUT2D eigenvalue weighted by Crippen LogP contribution is -2.41. The Morgan fingerprint density at radius 1 is 1.11 bits per heavy atom. The maximum atomic E-state index is 6.44. The van der Waals surface area contributed by atoms with Gasteiger partial charge in [-0.15, -0.1) is 0 Å². The fourth-order valence-electron chi connectivity index (χ4n) is 4.49. The Bertz CT molecular complexity index is 286. The molecule has 2 atom stereocenters. The molecular weight excluding hydrogens is 236 g/mol. The first-order chi connectivity index (χ1) is 9.30. The summed E-state index contributed by atoms with van der Waals surface area (Å²) in [5.74, 6) is 0.834. The molecule has 0 radical (unpaired) electrons. The van der Waals surface area contributed by atoms with Gasteiger partial charge in [-0.2, -0.15) is 0 Å². The van der Waals surface area contributed by atoms with E-state index < -0.39 is 0 Å². The monoisotopic (exact) mass is 266 g/mol. The maximum Gasteiger partial charge on any atom is 0.0710 e. The Balaban J connectivity index is 1.46. The van der Waals surface area contributed by atoms with Gasteiger partial charge in [0.25, 0.3) is 0 Å². The molecule has 2 aliphatic heterocycles. The molecular formula is C16H30N2O. The molecule has 3 nitrogen and oxygen atoms in total. The molecule has 2 heterocycles. The fourth-order valence-corrected chi connectivity index (χ4v) is 4.49. The second kappa shape index (κ2) is 6.11. The molecule has 1 saturated carbocycles. The van der Waals surface area contributed by atoms with E-state index in [9.17, 15) is 0 Å². The SMILES string of the molecule is NCCC1CCCN(CC2CCC3(CCCC3)O2)C1. The second-order valence-corrected chi connectivity index (χ2v) is 7.01. The molecule has 0 aromatic carbocycles. The zero-order chi connectivity index (χ0) is 13.1. The van der Waals surface area contributed by atoms with Gasteiger partial charge in [0.2, 0.25) is 0 Å². The minimum absolute atomic E-state index is 0.303. The highest BCUT2D eigenvalue weighted by Crippen LogP contribution is 2.43. The van der Waals surface area contributed by atoms with Gasteiger partial charge in [-0.3, -0.25) is 0 Å². The summed E-state index contributed by atoms with van der Waals surface area (Å²) in [7, 11) is 0. The van der Waals surface area contributed by atoms with Crippen LogP contribution in [0.3, 0.4) is 0 Å². The van der Waals surface area contributed by atoms with Crippen molar-refractivity contribution in [2.45, 2.75) is 69.5 Å². The van der Waals surface area contributed by atoms with Gasteiger partial charge in [0.15, 0.2) is 0 Å². The number of hydrogen-bond acceptors (Lipinski definition) is 3. The molecule has 3 aliphatic rings. The summed E-state index contributed by atoms with van der Waals surface area (Å²) in [5, 5.41) is 0. The predicted octanol–water partition coefficient (Wildman–Crippen LogP) is 2.54. The van der Waals surface area contributed by atoms with Gasteiger partial charge in [0.05, 0.1) is 11.7 Å². The van der Waals surface area contributed by atoms with Crippen LogP contribution in [0.5, 0.6) is 0 Å². The average molecular weight is 266 g/mol. The van der Waals surface area contributed by atoms with Gasteiger partial charge in [0.1, 0.15) is 0 Å².